The normalized spacial score (nSPS) is 16.1. The van der Waals surface area contributed by atoms with Crippen molar-refractivity contribution in [2.24, 2.45) is 0 Å². The fourth-order valence-electron chi connectivity index (χ4n) is 3.04. The van der Waals surface area contributed by atoms with Gasteiger partial charge in [0.1, 0.15) is 0 Å². The molecule has 3 rings (SSSR count). The molecule has 1 aromatic carbocycles. The summed E-state index contributed by atoms with van der Waals surface area (Å²) in [4.78, 5) is 20.5. The number of rotatable bonds is 5. The molecule has 1 aliphatic heterocycles. The van der Waals surface area contributed by atoms with Gasteiger partial charge in [-0.15, -0.1) is 0 Å². The molecule has 2 aromatic rings. The van der Waals surface area contributed by atoms with Gasteiger partial charge in [0.2, 0.25) is 5.91 Å². The minimum absolute atomic E-state index is 0.0298. The number of nitrogens with one attached hydrogen (secondary N) is 1. The molecule has 1 aliphatic rings. The molecule has 1 fully saturated rings. The van der Waals surface area contributed by atoms with Crippen LogP contribution >= 0.6 is 11.6 Å². The van der Waals surface area contributed by atoms with Crippen LogP contribution in [0.4, 0.5) is 18.9 Å². The average Bonchev–Trinajstić information content (AvgIpc) is 2.65. The Morgan fingerprint density at radius 2 is 1.71 bits per heavy atom. The summed E-state index contributed by atoms with van der Waals surface area (Å²) in [6.45, 7) is 3.95. The van der Waals surface area contributed by atoms with Crippen molar-refractivity contribution in [3.8, 4) is 0 Å². The number of aromatic nitrogens is 1. The van der Waals surface area contributed by atoms with E-state index in [-0.39, 0.29) is 23.2 Å². The van der Waals surface area contributed by atoms with E-state index < -0.39 is 11.7 Å². The van der Waals surface area contributed by atoms with Gasteiger partial charge in [-0.1, -0.05) is 11.6 Å². The summed E-state index contributed by atoms with van der Waals surface area (Å²) in [5.41, 5.74) is 0.301. The van der Waals surface area contributed by atoms with Crippen molar-refractivity contribution in [2.45, 2.75) is 12.7 Å². The number of hydrogen-bond donors (Lipinski definition) is 1. The number of nitrogens with zero attached hydrogens (tertiary/aromatic N) is 3. The largest absolute Gasteiger partial charge is 0.416 e. The van der Waals surface area contributed by atoms with Crippen LogP contribution in [-0.4, -0.2) is 53.4 Å². The van der Waals surface area contributed by atoms with Crippen LogP contribution in [0.15, 0.2) is 42.7 Å². The van der Waals surface area contributed by atoms with Crippen LogP contribution in [0.2, 0.25) is 5.02 Å². The Hall–Kier alpha value is -2.16. The molecule has 0 atom stereocenters. The molecule has 1 aromatic heterocycles. The first-order valence-electron chi connectivity index (χ1n) is 8.81. The molecule has 5 nitrogen and oxygen atoms in total. The standard InChI is InChI=1S/C19H20ClF3N4O/c20-16-2-1-15(19(21,22)23)11-17(16)25-18(28)13-27-9-7-26(8-10-27)12-14-3-5-24-6-4-14/h1-6,11H,7-10,12-13H2,(H,25,28). The highest BCUT2D eigenvalue weighted by Crippen LogP contribution is 2.33. The lowest BCUT2D eigenvalue weighted by molar-refractivity contribution is -0.137. The van der Waals surface area contributed by atoms with E-state index in [0.29, 0.717) is 13.1 Å². The molecule has 1 N–H and O–H groups in total. The lowest BCUT2D eigenvalue weighted by Crippen LogP contribution is -2.48. The van der Waals surface area contributed by atoms with Crippen LogP contribution in [0, 0.1) is 0 Å². The fourth-order valence-corrected chi connectivity index (χ4v) is 3.21. The number of halogens is 4. The number of carbonyl (C=O) groups is 1. The van der Waals surface area contributed by atoms with E-state index in [9.17, 15) is 18.0 Å². The SMILES string of the molecule is O=C(CN1CCN(Cc2ccncc2)CC1)Nc1cc(C(F)(F)F)ccc1Cl. The van der Waals surface area contributed by atoms with Crippen molar-refractivity contribution in [3.63, 3.8) is 0 Å². The second-order valence-corrected chi connectivity index (χ2v) is 7.06. The highest BCUT2D eigenvalue weighted by molar-refractivity contribution is 6.33. The molecule has 9 heteroatoms. The topological polar surface area (TPSA) is 48.5 Å². The predicted molar refractivity (Wildman–Crippen MR) is 101 cm³/mol. The number of pyridine rings is 1. The molecule has 0 spiro atoms. The highest BCUT2D eigenvalue weighted by Gasteiger charge is 2.31. The molecule has 0 saturated carbocycles. The minimum Gasteiger partial charge on any atom is -0.324 e. The molecule has 0 radical (unpaired) electrons. The smallest absolute Gasteiger partial charge is 0.324 e. The van der Waals surface area contributed by atoms with E-state index in [1.54, 1.807) is 12.4 Å². The molecular formula is C19H20ClF3N4O. The third-order valence-corrected chi connectivity index (χ3v) is 4.89. The van der Waals surface area contributed by atoms with Gasteiger partial charge in [0.05, 0.1) is 22.8 Å². The predicted octanol–water partition coefficient (Wildman–Crippen LogP) is 3.51. The second kappa shape index (κ2) is 8.89. The van der Waals surface area contributed by atoms with Gasteiger partial charge < -0.3 is 5.32 Å². The Bertz CT molecular complexity index is 809. The molecular weight excluding hydrogens is 393 g/mol. The Morgan fingerprint density at radius 1 is 1.07 bits per heavy atom. The van der Waals surface area contributed by atoms with Gasteiger partial charge in [-0.3, -0.25) is 19.6 Å². The number of amides is 1. The molecule has 0 bridgehead atoms. The van der Waals surface area contributed by atoms with Gasteiger partial charge in [0.25, 0.3) is 0 Å². The van der Waals surface area contributed by atoms with E-state index in [2.05, 4.69) is 15.2 Å². The van der Waals surface area contributed by atoms with Gasteiger partial charge >= 0.3 is 6.18 Å². The molecule has 28 heavy (non-hydrogen) atoms. The third kappa shape index (κ3) is 5.67. The Labute approximate surface area is 166 Å². The summed E-state index contributed by atoms with van der Waals surface area (Å²) < 4.78 is 38.5. The summed E-state index contributed by atoms with van der Waals surface area (Å²) in [5.74, 6) is -0.385. The molecule has 1 amide bonds. The van der Waals surface area contributed by atoms with Crippen molar-refractivity contribution >= 4 is 23.2 Å². The Balaban J connectivity index is 1.50. The number of alkyl halides is 3. The number of piperazine rings is 1. The van der Waals surface area contributed by atoms with Crippen molar-refractivity contribution in [1.82, 2.24) is 14.8 Å². The zero-order chi connectivity index (χ0) is 20.1. The van der Waals surface area contributed by atoms with Crippen molar-refractivity contribution < 1.29 is 18.0 Å². The first-order chi connectivity index (χ1) is 13.3. The van der Waals surface area contributed by atoms with E-state index in [1.807, 2.05) is 17.0 Å². The van der Waals surface area contributed by atoms with Crippen LogP contribution in [-0.2, 0) is 17.5 Å². The summed E-state index contributed by atoms with van der Waals surface area (Å²) in [6.07, 6.45) is -0.973. The summed E-state index contributed by atoms with van der Waals surface area (Å²) >= 11 is 5.92. The third-order valence-electron chi connectivity index (χ3n) is 4.56. The van der Waals surface area contributed by atoms with Gasteiger partial charge in [0, 0.05) is 45.1 Å². The number of carbonyl (C=O) groups excluding carboxylic acids is 1. The summed E-state index contributed by atoms with van der Waals surface area (Å²) in [7, 11) is 0. The van der Waals surface area contributed by atoms with Crippen LogP contribution in [0.25, 0.3) is 0 Å². The van der Waals surface area contributed by atoms with E-state index in [0.717, 1.165) is 37.8 Å². The monoisotopic (exact) mass is 412 g/mol. The van der Waals surface area contributed by atoms with Gasteiger partial charge in [0.15, 0.2) is 0 Å². The zero-order valence-corrected chi connectivity index (χ0v) is 15.8. The minimum atomic E-state index is -4.49. The first kappa shape index (κ1) is 20.6. The summed E-state index contributed by atoms with van der Waals surface area (Å²) in [5, 5.41) is 2.56. The first-order valence-corrected chi connectivity index (χ1v) is 9.19. The number of benzene rings is 1. The molecule has 1 saturated heterocycles. The van der Waals surface area contributed by atoms with E-state index in [1.165, 1.54) is 5.56 Å². The maximum atomic E-state index is 12.8. The van der Waals surface area contributed by atoms with Crippen molar-refractivity contribution in [3.05, 3.63) is 58.9 Å². The van der Waals surface area contributed by atoms with Crippen LogP contribution in [0.3, 0.4) is 0 Å². The molecule has 2 heterocycles. The lowest BCUT2D eigenvalue weighted by Gasteiger charge is -2.34. The number of hydrogen-bond acceptors (Lipinski definition) is 4. The fraction of sp³-hybridized carbons (Fsp3) is 0.368. The molecule has 150 valence electrons. The van der Waals surface area contributed by atoms with E-state index in [4.69, 9.17) is 11.6 Å². The van der Waals surface area contributed by atoms with Gasteiger partial charge in [-0.25, -0.2) is 0 Å². The average molecular weight is 413 g/mol. The second-order valence-electron chi connectivity index (χ2n) is 6.65. The lowest BCUT2D eigenvalue weighted by atomic mass is 10.2. The molecule has 0 unspecified atom stereocenters. The molecule has 0 aliphatic carbocycles. The van der Waals surface area contributed by atoms with Crippen LogP contribution < -0.4 is 5.32 Å². The summed E-state index contributed by atoms with van der Waals surface area (Å²) in [6, 6.07) is 6.82. The zero-order valence-electron chi connectivity index (χ0n) is 15.0. The van der Waals surface area contributed by atoms with Crippen LogP contribution in [0.5, 0.6) is 0 Å². The Morgan fingerprint density at radius 3 is 2.36 bits per heavy atom. The quantitative estimate of drug-likeness (QED) is 0.816. The van der Waals surface area contributed by atoms with Crippen LogP contribution in [0.1, 0.15) is 11.1 Å². The van der Waals surface area contributed by atoms with E-state index >= 15 is 0 Å². The van der Waals surface area contributed by atoms with Crippen molar-refractivity contribution in [1.29, 1.82) is 0 Å². The number of anilines is 1. The maximum absolute atomic E-state index is 12.8. The van der Waals surface area contributed by atoms with Gasteiger partial charge in [-0.05, 0) is 35.9 Å². The Kier molecular flexibility index (Phi) is 6.53. The van der Waals surface area contributed by atoms with Crippen molar-refractivity contribution in [2.75, 3.05) is 38.0 Å². The maximum Gasteiger partial charge on any atom is 0.416 e. The highest BCUT2D eigenvalue weighted by atomic mass is 35.5. The van der Waals surface area contributed by atoms with Gasteiger partial charge in [-0.2, -0.15) is 13.2 Å².